The van der Waals surface area contributed by atoms with Crippen LogP contribution in [-0.2, 0) is 0 Å². The second-order valence-electron chi connectivity index (χ2n) is 6.67. The predicted molar refractivity (Wildman–Crippen MR) is 113 cm³/mol. The fraction of sp³-hybridized carbons (Fsp3) is 0.300. The molecular formula is C20H23F2N5S. The second kappa shape index (κ2) is 9.07. The van der Waals surface area contributed by atoms with Crippen LogP contribution in [0.4, 0.5) is 14.5 Å². The van der Waals surface area contributed by atoms with E-state index in [4.69, 9.17) is 5.73 Å². The SMILES string of the molecule is CC(c1ccccc1)N1CCN(c2cc(F)c(/C=N/NC(N)=S)cc2F)CC1. The van der Waals surface area contributed by atoms with Crippen LogP contribution >= 0.6 is 12.2 Å². The Kier molecular flexibility index (Phi) is 6.53. The highest BCUT2D eigenvalue weighted by Gasteiger charge is 2.24. The lowest BCUT2D eigenvalue weighted by molar-refractivity contribution is 0.198. The average molecular weight is 404 g/mol. The topological polar surface area (TPSA) is 56.9 Å². The quantitative estimate of drug-likeness (QED) is 0.457. The molecule has 0 amide bonds. The molecule has 28 heavy (non-hydrogen) atoms. The molecule has 1 atom stereocenters. The van der Waals surface area contributed by atoms with Gasteiger partial charge in [-0.15, -0.1) is 0 Å². The van der Waals surface area contributed by atoms with Gasteiger partial charge in [-0.2, -0.15) is 5.10 Å². The van der Waals surface area contributed by atoms with Gasteiger partial charge in [0.15, 0.2) is 5.11 Å². The minimum Gasteiger partial charge on any atom is -0.375 e. The number of halogens is 2. The summed E-state index contributed by atoms with van der Waals surface area (Å²) in [7, 11) is 0. The Morgan fingerprint density at radius 3 is 2.46 bits per heavy atom. The molecule has 0 radical (unpaired) electrons. The molecule has 2 aromatic carbocycles. The molecule has 1 aliphatic heterocycles. The van der Waals surface area contributed by atoms with Crippen LogP contribution in [0.2, 0.25) is 0 Å². The number of anilines is 1. The average Bonchev–Trinajstić information content (AvgIpc) is 2.70. The third kappa shape index (κ3) is 4.82. The van der Waals surface area contributed by atoms with Crippen molar-refractivity contribution in [3.63, 3.8) is 0 Å². The first-order chi connectivity index (χ1) is 13.5. The van der Waals surface area contributed by atoms with Crippen molar-refractivity contribution in [1.29, 1.82) is 0 Å². The predicted octanol–water partition coefficient (Wildman–Crippen LogP) is 3.02. The Labute approximate surface area is 168 Å². The zero-order valence-corrected chi connectivity index (χ0v) is 16.4. The summed E-state index contributed by atoms with van der Waals surface area (Å²) >= 11 is 4.61. The number of nitrogens with one attached hydrogen (secondary N) is 1. The molecule has 0 aromatic heterocycles. The molecule has 5 nitrogen and oxygen atoms in total. The number of rotatable bonds is 5. The Morgan fingerprint density at radius 1 is 1.14 bits per heavy atom. The molecule has 2 aromatic rings. The summed E-state index contributed by atoms with van der Waals surface area (Å²) in [4.78, 5) is 4.23. The molecule has 1 saturated heterocycles. The molecule has 0 saturated carbocycles. The Morgan fingerprint density at radius 2 is 1.82 bits per heavy atom. The van der Waals surface area contributed by atoms with Gasteiger partial charge in [-0.1, -0.05) is 30.3 Å². The molecule has 1 fully saturated rings. The lowest BCUT2D eigenvalue weighted by Crippen LogP contribution is -2.47. The van der Waals surface area contributed by atoms with E-state index >= 15 is 0 Å². The Hall–Kier alpha value is -2.58. The maximum Gasteiger partial charge on any atom is 0.184 e. The van der Waals surface area contributed by atoms with E-state index in [1.165, 1.54) is 11.6 Å². The first kappa shape index (κ1) is 20.2. The Bertz CT molecular complexity index is 851. The number of thiocarbonyl (C=S) groups is 1. The number of hydrogen-bond acceptors (Lipinski definition) is 4. The summed E-state index contributed by atoms with van der Waals surface area (Å²) < 4.78 is 28.9. The largest absolute Gasteiger partial charge is 0.375 e. The van der Waals surface area contributed by atoms with Crippen LogP contribution in [-0.4, -0.2) is 42.4 Å². The zero-order chi connectivity index (χ0) is 20.1. The Balaban J connectivity index is 1.66. The first-order valence-corrected chi connectivity index (χ1v) is 9.48. The van der Waals surface area contributed by atoms with Crippen molar-refractivity contribution >= 4 is 29.2 Å². The zero-order valence-electron chi connectivity index (χ0n) is 15.6. The summed E-state index contributed by atoms with van der Waals surface area (Å²) in [5.74, 6) is -1.03. The highest BCUT2D eigenvalue weighted by molar-refractivity contribution is 7.80. The fourth-order valence-electron chi connectivity index (χ4n) is 3.35. The molecule has 1 aliphatic rings. The van der Waals surface area contributed by atoms with Gasteiger partial charge < -0.3 is 10.6 Å². The van der Waals surface area contributed by atoms with Crippen molar-refractivity contribution in [1.82, 2.24) is 10.3 Å². The molecular weight excluding hydrogens is 380 g/mol. The van der Waals surface area contributed by atoms with Gasteiger partial charge in [0.1, 0.15) is 11.6 Å². The van der Waals surface area contributed by atoms with E-state index in [0.29, 0.717) is 13.1 Å². The standard InChI is InChI=1S/C20H23F2N5S/c1-14(15-5-3-2-4-6-15)26-7-9-27(10-8-26)19-12-17(21)16(11-18(19)22)13-24-25-20(23)28/h2-6,11-14H,7-10H2,1H3,(H3,23,25,28)/b24-13+. The van der Waals surface area contributed by atoms with Crippen LogP contribution in [0.5, 0.6) is 0 Å². The van der Waals surface area contributed by atoms with E-state index in [0.717, 1.165) is 25.4 Å². The summed E-state index contributed by atoms with van der Waals surface area (Å²) in [6, 6.07) is 12.9. The number of hydrogen-bond donors (Lipinski definition) is 2. The van der Waals surface area contributed by atoms with Crippen LogP contribution in [0, 0.1) is 11.6 Å². The van der Waals surface area contributed by atoms with Gasteiger partial charge in [0.2, 0.25) is 0 Å². The normalized spacial score (nSPS) is 16.3. The number of nitrogens with two attached hydrogens (primary N) is 1. The number of piperazine rings is 1. The highest BCUT2D eigenvalue weighted by Crippen LogP contribution is 2.26. The van der Waals surface area contributed by atoms with Crippen molar-refractivity contribution in [2.75, 3.05) is 31.1 Å². The molecule has 1 unspecified atom stereocenters. The summed E-state index contributed by atoms with van der Waals surface area (Å²) in [6.07, 6.45) is 1.15. The number of benzene rings is 2. The fourth-order valence-corrected chi connectivity index (χ4v) is 3.40. The maximum atomic E-state index is 14.6. The second-order valence-corrected chi connectivity index (χ2v) is 7.11. The lowest BCUT2D eigenvalue weighted by Gasteiger charge is -2.39. The van der Waals surface area contributed by atoms with Gasteiger partial charge in [-0.3, -0.25) is 10.3 Å². The van der Waals surface area contributed by atoms with Crippen molar-refractivity contribution in [2.45, 2.75) is 13.0 Å². The van der Waals surface area contributed by atoms with E-state index < -0.39 is 11.6 Å². The van der Waals surface area contributed by atoms with Crippen LogP contribution in [0.25, 0.3) is 0 Å². The molecule has 3 N–H and O–H groups in total. The third-order valence-electron chi connectivity index (χ3n) is 4.93. The molecule has 0 bridgehead atoms. The van der Waals surface area contributed by atoms with Crippen LogP contribution < -0.4 is 16.1 Å². The van der Waals surface area contributed by atoms with Gasteiger partial charge in [0.05, 0.1) is 11.9 Å². The van der Waals surface area contributed by atoms with E-state index in [9.17, 15) is 8.78 Å². The van der Waals surface area contributed by atoms with Gasteiger partial charge in [0, 0.05) is 43.9 Å². The minimum absolute atomic E-state index is 0.0290. The van der Waals surface area contributed by atoms with E-state index in [1.807, 2.05) is 23.1 Å². The van der Waals surface area contributed by atoms with Crippen LogP contribution in [0.1, 0.15) is 24.1 Å². The van der Waals surface area contributed by atoms with Gasteiger partial charge in [0.25, 0.3) is 0 Å². The molecule has 148 valence electrons. The van der Waals surface area contributed by atoms with E-state index in [2.05, 4.69) is 46.7 Å². The molecule has 0 spiro atoms. The third-order valence-corrected chi connectivity index (χ3v) is 5.02. The monoisotopic (exact) mass is 403 g/mol. The highest BCUT2D eigenvalue weighted by atomic mass is 32.1. The van der Waals surface area contributed by atoms with Crippen molar-refractivity contribution < 1.29 is 8.78 Å². The maximum absolute atomic E-state index is 14.6. The number of hydrazone groups is 1. The minimum atomic E-state index is -0.551. The van der Waals surface area contributed by atoms with Gasteiger partial charge in [-0.05, 0) is 30.8 Å². The molecule has 1 heterocycles. The molecule has 8 heteroatoms. The van der Waals surface area contributed by atoms with E-state index in [1.54, 1.807) is 0 Å². The lowest BCUT2D eigenvalue weighted by atomic mass is 10.1. The van der Waals surface area contributed by atoms with Crippen molar-refractivity contribution in [3.8, 4) is 0 Å². The van der Waals surface area contributed by atoms with Gasteiger partial charge >= 0.3 is 0 Å². The summed E-state index contributed by atoms with van der Waals surface area (Å²) in [5.41, 5.74) is 9.11. The van der Waals surface area contributed by atoms with E-state index in [-0.39, 0.29) is 22.4 Å². The first-order valence-electron chi connectivity index (χ1n) is 9.07. The summed E-state index contributed by atoms with van der Waals surface area (Å²) in [6.45, 7) is 4.98. The molecule has 3 rings (SSSR count). The van der Waals surface area contributed by atoms with Crippen LogP contribution in [0.3, 0.4) is 0 Å². The van der Waals surface area contributed by atoms with Crippen LogP contribution in [0.15, 0.2) is 47.6 Å². The molecule has 0 aliphatic carbocycles. The summed E-state index contributed by atoms with van der Waals surface area (Å²) in [5, 5.41) is 3.63. The number of nitrogens with zero attached hydrogens (tertiary/aromatic N) is 3. The van der Waals surface area contributed by atoms with Crippen molar-refractivity contribution in [2.24, 2.45) is 10.8 Å². The van der Waals surface area contributed by atoms with Gasteiger partial charge in [-0.25, -0.2) is 8.78 Å². The smallest absolute Gasteiger partial charge is 0.184 e. The van der Waals surface area contributed by atoms with Crippen molar-refractivity contribution in [3.05, 3.63) is 65.2 Å².